The lowest BCUT2D eigenvalue weighted by Gasteiger charge is -2.25. The first-order chi connectivity index (χ1) is 17.5. The number of aromatic nitrogens is 2. The van der Waals surface area contributed by atoms with Crippen molar-refractivity contribution in [2.75, 3.05) is 13.1 Å². The molecule has 0 amide bonds. The number of aryl methyl sites for hydroxylation is 1. The summed E-state index contributed by atoms with van der Waals surface area (Å²) in [6.07, 6.45) is 2.69. The lowest BCUT2D eigenvalue weighted by atomic mass is 10.1. The molecular formula is C30H32ClN3O2. The van der Waals surface area contributed by atoms with Crippen LogP contribution in [0.15, 0.2) is 84.9 Å². The van der Waals surface area contributed by atoms with E-state index < -0.39 is 6.10 Å². The van der Waals surface area contributed by atoms with Crippen molar-refractivity contribution in [2.24, 2.45) is 5.92 Å². The van der Waals surface area contributed by atoms with E-state index in [0.717, 1.165) is 34.8 Å². The van der Waals surface area contributed by atoms with Crippen molar-refractivity contribution in [1.29, 1.82) is 0 Å². The minimum atomic E-state index is -0.448. The Bertz CT molecular complexity index is 1250. The van der Waals surface area contributed by atoms with E-state index in [1.807, 2.05) is 84.4 Å². The van der Waals surface area contributed by atoms with Gasteiger partial charge in [-0.25, -0.2) is 4.68 Å². The lowest BCUT2D eigenvalue weighted by Crippen LogP contribution is -2.35. The summed E-state index contributed by atoms with van der Waals surface area (Å²) in [5.41, 5.74) is 3.98. The first-order valence-electron chi connectivity index (χ1n) is 12.6. The molecule has 1 aromatic heterocycles. The highest BCUT2D eigenvalue weighted by Gasteiger charge is 2.28. The van der Waals surface area contributed by atoms with Gasteiger partial charge in [0.25, 0.3) is 0 Å². The minimum absolute atomic E-state index is 0.448. The molecule has 3 aromatic carbocycles. The van der Waals surface area contributed by atoms with Gasteiger partial charge in [-0.3, -0.25) is 4.90 Å². The summed E-state index contributed by atoms with van der Waals surface area (Å²) in [7, 11) is 0. The Hall–Kier alpha value is -3.12. The van der Waals surface area contributed by atoms with E-state index in [-0.39, 0.29) is 0 Å². The number of nitrogens with zero attached hydrogens (tertiary/aromatic N) is 3. The van der Waals surface area contributed by atoms with Gasteiger partial charge in [0.05, 0.1) is 23.0 Å². The van der Waals surface area contributed by atoms with Crippen LogP contribution in [-0.2, 0) is 13.0 Å². The molecule has 0 saturated heterocycles. The van der Waals surface area contributed by atoms with E-state index in [0.29, 0.717) is 36.3 Å². The predicted octanol–water partition coefficient (Wildman–Crippen LogP) is 6.44. The average molecular weight is 502 g/mol. The summed E-state index contributed by atoms with van der Waals surface area (Å²) in [5.74, 6) is 2.14. The van der Waals surface area contributed by atoms with Gasteiger partial charge in [0, 0.05) is 24.7 Å². The minimum Gasteiger partial charge on any atom is -0.439 e. The van der Waals surface area contributed by atoms with Crippen molar-refractivity contribution in [3.63, 3.8) is 0 Å². The van der Waals surface area contributed by atoms with Crippen molar-refractivity contribution in [3.8, 4) is 17.3 Å². The van der Waals surface area contributed by atoms with Gasteiger partial charge in [0.15, 0.2) is 0 Å². The number of rotatable bonds is 11. The molecule has 1 atom stereocenters. The van der Waals surface area contributed by atoms with E-state index in [1.165, 1.54) is 12.8 Å². The molecule has 1 heterocycles. The van der Waals surface area contributed by atoms with Crippen LogP contribution in [0.5, 0.6) is 11.6 Å². The molecule has 5 nitrogen and oxygen atoms in total. The second kappa shape index (κ2) is 11.3. The standard InChI is InChI=1S/C30H32ClN3O2/c1-22-29(21-33(19-24-12-13-24)20-27(35)18-23-8-4-2-5-9-23)30(36-28-10-6-3-7-11-28)34(32-22)26-16-14-25(31)15-17-26/h2-11,14-17,24,27,35H,12-13,18-21H2,1H3/t27-/m0/s1. The largest absolute Gasteiger partial charge is 0.439 e. The Balaban J connectivity index is 1.43. The molecule has 0 radical (unpaired) electrons. The third-order valence-electron chi connectivity index (χ3n) is 6.54. The number of benzene rings is 3. The van der Waals surface area contributed by atoms with Crippen molar-refractivity contribution >= 4 is 11.6 Å². The van der Waals surface area contributed by atoms with Crippen LogP contribution in [0.1, 0.15) is 29.7 Å². The zero-order chi connectivity index (χ0) is 24.9. The Morgan fingerprint density at radius 2 is 1.67 bits per heavy atom. The molecule has 6 heteroatoms. The summed E-state index contributed by atoms with van der Waals surface area (Å²) in [6, 6.07) is 27.6. The first kappa shape index (κ1) is 24.6. The number of aliphatic hydroxyl groups is 1. The number of halogens is 1. The molecule has 0 spiro atoms. The van der Waals surface area contributed by atoms with Gasteiger partial charge in [-0.1, -0.05) is 60.1 Å². The Labute approximate surface area is 217 Å². The van der Waals surface area contributed by atoms with Crippen LogP contribution in [-0.4, -0.2) is 39.0 Å². The number of hydrogen-bond donors (Lipinski definition) is 1. The molecule has 1 N–H and O–H groups in total. The molecule has 1 aliphatic rings. The van der Waals surface area contributed by atoms with Crippen LogP contribution >= 0.6 is 11.6 Å². The molecule has 0 unspecified atom stereocenters. The van der Waals surface area contributed by atoms with Crippen LogP contribution in [0.25, 0.3) is 5.69 Å². The SMILES string of the molecule is Cc1nn(-c2ccc(Cl)cc2)c(Oc2ccccc2)c1CN(CC1CC1)C[C@@H](O)Cc1ccccc1. The van der Waals surface area contributed by atoms with Gasteiger partial charge in [0.1, 0.15) is 5.75 Å². The van der Waals surface area contributed by atoms with Crippen LogP contribution in [0.2, 0.25) is 5.02 Å². The van der Waals surface area contributed by atoms with Crippen LogP contribution < -0.4 is 4.74 Å². The van der Waals surface area contributed by atoms with Crippen molar-refractivity contribution < 1.29 is 9.84 Å². The summed E-state index contributed by atoms with van der Waals surface area (Å²) < 4.78 is 8.30. The van der Waals surface area contributed by atoms with Crippen molar-refractivity contribution in [2.45, 2.75) is 38.8 Å². The van der Waals surface area contributed by atoms with Gasteiger partial charge in [-0.2, -0.15) is 5.10 Å². The summed E-state index contributed by atoms with van der Waals surface area (Å²) >= 11 is 6.14. The van der Waals surface area contributed by atoms with Gasteiger partial charge < -0.3 is 9.84 Å². The quantitative estimate of drug-likeness (QED) is 0.257. The van der Waals surface area contributed by atoms with Gasteiger partial charge in [0.2, 0.25) is 5.88 Å². The zero-order valence-corrected chi connectivity index (χ0v) is 21.3. The third-order valence-corrected chi connectivity index (χ3v) is 6.80. The molecule has 1 aliphatic carbocycles. The predicted molar refractivity (Wildman–Crippen MR) is 144 cm³/mol. The van der Waals surface area contributed by atoms with Crippen molar-refractivity contribution in [3.05, 3.63) is 107 Å². The highest BCUT2D eigenvalue weighted by Crippen LogP contribution is 2.34. The van der Waals surface area contributed by atoms with E-state index in [4.69, 9.17) is 21.4 Å². The fourth-order valence-electron chi connectivity index (χ4n) is 4.52. The highest BCUT2D eigenvalue weighted by molar-refractivity contribution is 6.30. The molecule has 1 fully saturated rings. The Kier molecular flexibility index (Phi) is 7.71. The molecule has 0 aliphatic heterocycles. The average Bonchev–Trinajstić information content (AvgIpc) is 3.65. The smallest absolute Gasteiger partial charge is 0.227 e. The summed E-state index contributed by atoms with van der Waals surface area (Å²) in [5, 5.41) is 16.5. The number of para-hydroxylation sites is 1. The maximum Gasteiger partial charge on any atom is 0.227 e. The number of aliphatic hydroxyl groups excluding tert-OH is 1. The van der Waals surface area contributed by atoms with Crippen LogP contribution in [0.4, 0.5) is 0 Å². The van der Waals surface area contributed by atoms with Gasteiger partial charge in [-0.15, -0.1) is 0 Å². The summed E-state index contributed by atoms with van der Waals surface area (Å²) in [6.45, 7) is 4.24. The van der Waals surface area contributed by atoms with Crippen LogP contribution in [0.3, 0.4) is 0 Å². The van der Waals surface area contributed by atoms with E-state index in [2.05, 4.69) is 17.0 Å². The van der Waals surface area contributed by atoms with Crippen molar-refractivity contribution in [1.82, 2.24) is 14.7 Å². The molecule has 5 rings (SSSR count). The second-order valence-electron chi connectivity index (χ2n) is 9.65. The fraction of sp³-hybridized carbons (Fsp3) is 0.300. The van der Waals surface area contributed by atoms with Gasteiger partial charge in [-0.05, 0) is 74.1 Å². The third kappa shape index (κ3) is 6.35. The number of ether oxygens (including phenoxy) is 1. The lowest BCUT2D eigenvalue weighted by molar-refractivity contribution is 0.105. The Morgan fingerprint density at radius 3 is 2.33 bits per heavy atom. The molecule has 186 valence electrons. The normalized spacial score (nSPS) is 14.2. The maximum absolute atomic E-state index is 11.0. The second-order valence-corrected chi connectivity index (χ2v) is 10.1. The van der Waals surface area contributed by atoms with E-state index >= 15 is 0 Å². The monoisotopic (exact) mass is 501 g/mol. The Morgan fingerprint density at radius 1 is 1.00 bits per heavy atom. The first-order valence-corrected chi connectivity index (χ1v) is 12.9. The fourth-order valence-corrected chi connectivity index (χ4v) is 4.65. The summed E-state index contributed by atoms with van der Waals surface area (Å²) in [4.78, 5) is 2.36. The molecule has 1 saturated carbocycles. The molecule has 0 bridgehead atoms. The molecule has 4 aromatic rings. The van der Waals surface area contributed by atoms with E-state index in [1.54, 1.807) is 0 Å². The topological polar surface area (TPSA) is 50.5 Å². The zero-order valence-electron chi connectivity index (χ0n) is 20.6. The van der Waals surface area contributed by atoms with E-state index in [9.17, 15) is 5.11 Å². The van der Waals surface area contributed by atoms with Gasteiger partial charge >= 0.3 is 0 Å². The highest BCUT2D eigenvalue weighted by atomic mass is 35.5. The molecular weight excluding hydrogens is 470 g/mol. The molecule has 36 heavy (non-hydrogen) atoms. The van der Waals surface area contributed by atoms with Crippen LogP contribution in [0, 0.1) is 12.8 Å². The number of hydrogen-bond acceptors (Lipinski definition) is 4. The maximum atomic E-state index is 11.0.